The van der Waals surface area contributed by atoms with E-state index in [1.165, 1.54) is 22.3 Å². The van der Waals surface area contributed by atoms with Crippen LogP contribution >= 0.6 is 0 Å². The quantitative estimate of drug-likeness (QED) is 0.856. The first-order valence-corrected chi connectivity index (χ1v) is 7.87. The summed E-state index contributed by atoms with van der Waals surface area (Å²) in [6.07, 6.45) is 1.14. The minimum Gasteiger partial charge on any atom is -0.316 e. The van der Waals surface area contributed by atoms with Crippen molar-refractivity contribution in [3.8, 4) is 0 Å². The second-order valence-electron chi connectivity index (χ2n) is 7.90. The van der Waals surface area contributed by atoms with Gasteiger partial charge in [0.05, 0.1) is 0 Å². The number of hydrogen-bond donors (Lipinski definition) is 1. The molecular formula is C19H31N. The first-order valence-electron chi connectivity index (χ1n) is 7.87. The van der Waals surface area contributed by atoms with E-state index in [4.69, 9.17) is 0 Å². The summed E-state index contributed by atoms with van der Waals surface area (Å²) in [6.45, 7) is 16.4. The Morgan fingerprint density at radius 3 is 1.80 bits per heavy atom. The fraction of sp³-hybridized carbons (Fsp3) is 0.684. The molecule has 1 fully saturated rings. The van der Waals surface area contributed by atoms with E-state index >= 15 is 0 Å². The van der Waals surface area contributed by atoms with E-state index < -0.39 is 0 Å². The van der Waals surface area contributed by atoms with E-state index in [0.29, 0.717) is 16.9 Å². The highest BCUT2D eigenvalue weighted by atomic mass is 14.9. The van der Waals surface area contributed by atoms with E-state index in [-0.39, 0.29) is 0 Å². The van der Waals surface area contributed by atoms with Gasteiger partial charge in [0.25, 0.3) is 0 Å². The number of likely N-dealkylation sites (N-methyl/N-ethyl adjacent to an activating group) is 1. The molecule has 0 aliphatic heterocycles. The molecule has 112 valence electrons. The van der Waals surface area contributed by atoms with Crippen LogP contribution in [0.4, 0.5) is 0 Å². The van der Waals surface area contributed by atoms with Crippen molar-refractivity contribution in [3.63, 3.8) is 0 Å². The van der Waals surface area contributed by atoms with E-state index in [1.807, 2.05) is 0 Å². The molecular weight excluding hydrogens is 242 g/mol. The highest BCUT2D eigenvalue weighted by Crippen LogP contribution is 2.69. The Bertz CT molecular complexity index is 473. The minimum atomic E-state index is 0.438. The third-order valence-electron chi connectivity index (χ3n) is 6.17. The Morgan fingerprint density at radius 1 is 1.00 bits per heavy atom. The molecule has 0 amide bonds. The zero-order valence-corrected chi connectivity index (χ0v) is 14.5. The van der Waals surface area contributed by atoms with Gasteiger partial charge in [0.2, 0.25) is 0 Å². The molecule has 1 N–H and O–H groups in total. The zero-order chi connectivity index (χ0) is 15.3. The molecule has 1 aromatic rings. The van der Waals surface area contributed by atoms with Crippen LogP contribution in [-0.4, -0.2) is 13.1 Å². The summed E-state index contributed by atoms with van der Waals surface area (Å²) >= 11 is 0. The van der Waals surface area contributed by atoms with Crippen molar-refractivity contribution < 1.29 is 0 Å². The van der Waals surface area contributed by atoms with Crippen LogP contribution in [0.5, 0.6) is 0 Å². The van der Waals surface area contributed by atoms with Gasteiger partial charge >= 0.3 is 0 Å². The van der Waals surface area contributed by atoms with E-state index in [9.17, 15) is 0 Å². The van der Waals surface area contributed by atoms with Gasteiger partial charge in [0, 0.05) is 6.04 Å². The van der Waals surface area contributed by atoms with Gasteiger partial charge in [-0.15, -0.1) is 0 Å². The Morgan fingerprint density at radius 2 is 1.45 bits per heavy atom. The molecule has 0 radical (unpaired) electrons. The summed E-state index contributed by atoms with van der Waals surface area (Å²) in [5.74, 6) is 0.750. The van der Waals surface area contributed by atoms with Crippen molar-refractivity contribution in [2.75, 3.05) is 7.05 Å². The summed E-state index contributed by atoms with van der Waals surface area (Å²) in [7, 11) is 2.12. The van der Waals surface area contributed by atoms with Crippen molar-refractivity contribution in [3.05, 3.63) is 34.4 Å². The molecule has 0 saturated heterocycles. The number of aryl methyl sites for hydroxylation is 3. The average Bonchev–Trinajstić information content (AvgIpc) is 2.70. The molecule has 1 saturated carbocycles. The van der Waals surface area contributed by atoms with Crippen LogP contribution in [-0.2, 0) is 6.42 Å². The fourth-order valence-electron chi connectivity index (χ4n) is 4.39. The molecule has 1 unspecified atom stereocenters. The lowest BCUT2D eigenvalue weighted by molar-refractivity contribution is 0.420. The van der Waals surface area contributed by atoms with Crippen molar-refractivity contribution in [1.29, 1.82) is 0 Å². The first kappa shape index (κ1) is 15.6. The van der Waals surface area contributed by atoms with Crippen LogP contribution in [0.2, 0.25) is 0 Å². The maximum atomic E-state index is 3.59. The number of nitrogens with one attached hydrogen (secondary N) is 1. The van der Waals surface area contributed by atoms with Crippen molar-refractivity contribution in [2.24, 2.45) is 16.7 Å². The van der Waals surface area contributed by atoms with Crippen LogP contribution in [0.3, 0.4) is 0 Å². The van der Waals surface area contributed by atoms with Gasteiger partial charge < -0.3 is 5.32 Å². The summed E-state index contributed by atoms with van der Waals surface area (Å²) in [6, 6.07) is 5.20. The van der Waals surface area contributed by atoms with Gasteiger partial charge in [-0.1, -0.05) is 45.4 Å². The van der Waals surface area contributed by atoms with Gasteiger partial charge in [-0.25, -0.2) is 0 Å². The predicted molar refractivity (Wildman–Crippen MR) is 88.3 cm³/mol. The van der Waals surface area contributed by atoms with E-state index in [1.54, 1.807) is 0 Å². The lowest BCUT2D eigenvalue weighted by Crippen LogP contribution is -2.33. The Hall–Kier alpha value is -0.820. The highest BCUT2D eigenvalue weighted by molar-refractivity contribution is 5.38. The smallest absolute Gasteiger partial charge is 0.0143 e. The molecule has 1 heteroatoms. The predicted octanol–water partition coefficient (Wildman–Crippen LogP) is 4.42. The van der Waals surface area contributed by atoms with Crippen molar-refractivity contribution >= 4 is 0 Å². The van der Waals surface area contributed by atoms with Crippen LogP contribution in [0.15, 0.2) is 12.1 Å². The summed E-state index contributed by atoms with van der Waals surface area (Å²) in [5.41, 5.74) is 6.67. The van der Waals surface area contributed by atoms with Gasteiger partial charge in [0.1, 0.15) is 0 Å². The van der Waals surface area contributed by atoms with Crippen LogP contribution in [0, 0.1) is 37.5 Å². The second-order valence-corrected chi connectivity index (χ2v) is 7.90. The van der Waals surface area contributed by atoms with Gasteiger partial charge in [-0.2, -0.15) is 0 Å². The first-order chi connectivity index (χ1) is 9.12. The third kappa shape index (κ3) is 2.30. The Balaban J connectivity index is 2.25. The normalized spacial score (nSPS) is 21.8. The van der Waals surface area contributed by atoms with Crippen molar-refractivity contribution in [1.82, 2.24) is 5.32 Å². The Kier molecular flexibility index (Phi) is 3.79. The topological polar surface area (TPSA) is 12.0 Å². The third-order valence-corrected chi connectivity index (χ3v) is 6.17. The molecule has 1 aliphatic carbocycles. The van der Waals surface area contributed by atoms with Gasteiger partial charge in [-0.05, 0) is 67.7 Å². The van der Waals surface area contributed by atoms with Crippen molar-refractivity contribution in [2.45, 2.75) is 60.9 Å². The largest absolute Gasteiger partial charge is 0.316 e. The standard InChI is InChI=1S/C19H31N/c1-12-9-13(2)15(14(3)10-12)11-16(20-8)17-18(4,5)19(17,6)7/h9-10,16-17,20H,11H2,1-8H3. The highest BCUT2D eigenvalue weighted by Gasteiger charge is 2.66. The molecule has 2 rings (SSSR count). The number of benzene rings is 1. The Labute approximate surface area is 125 Å². The maximum Gasteiger partial charge on any atom is 0.0143 e. The molecule has 0 heterocycles. The second kappa shape index (κ2) is 4.87. The van der Waals surface area contributed by atoms with Crippen LogP contribution in [0.25, 0.3) is 0 Å². The number of hydrogen-bond acceptors (Lipinski definition) is 1. The summed E-state index contributed by atoms with van der Waals surface area (Å²) in [4.78, 5) is 0. The summed E-state index contributed by atoms with van der Waals surface area (Å²) < 4.78 is 0. The molecule has 1 nitrogen and oxygen atoms in total. The molecule has 1 aliphatic rings. The van der Waals surface area contributed by atoms with Gasteiger partial charge in [0.15, 0.2) is 0 Å². The van der Waals surface area contributed by atoms with Gasteiger partial charge in [-0.3, -0.25) is 0 Å². The maximum absolute atomic E-state index is 3.59. The van der Waals surface area contributed by atoms with Crippen LogP contribution in [0.1, 0.15) is 49.9 Å². The fourth-order valence-corrected chi connectivity index (χ4v) is 4.39. The van der Waals surface area contributed by atoms with Crippen LogP contribution < -0.4 is 5.32 Å². The lowest BCUT2D eigenvalue weighted by atomic mass is 9.90. The SMILES string of the molecule is CNC(Cc1c(C)cc(C)cc1C)C1C(C)(C)C1(C)C. The average molecular weight is 273 g/mol. The lowest BCUT2D eigenvalue weighted by Gasteiger charge is -2.21. The van der Waals surface area contributed by atoms with E-state index in [2.05, 4.69) is 73.0 Å². The molecule has 1 atom stereocenters. The molecule has 1 aromatic carbocycles. The zero-order valence-electron chi connectivity index (χ0n) is 14.5. The molecule has 0 aromatic heterocycles. The summed E-state index contributed by atoms with van der Waals surface area (Å²) in [5, 5.41) is 3.59. The minimum absolute atomic E-state index is 0.438. The molecule has 0 spiro atoms. The van der Waals surface area contributed by atoms with E-state index in [0.717, 1.165) is 12.3 Å². The number of rotatable bonds is 4. The monoisotopic (exact) mass is 273 g/mol. The molecule has 20 heavy (non-hydrogen) atoms. The molecule has 0 bridgehead atoms.